The largest absolute Gasteiger partial charge is 0.321 e. The van der Waals surface area contributed by atoms with Crippen LogP contribution in [0.5, 0.6) is 0 Å². The van der Waals surface area contributed by atoms with Crippen molar-refractivity contribution in [2.75, 3.05) is 19.6 Å². The van der Waals surface area contributed by atoms with Crippen LogP contribution in [0, 0.1) is 11.3 Å². The summed E-state index contributed by atoms with van der Waals surface area (Å²) >= 11 is 0. The SMILES string of the molecule is C=CC(=O)N1CCN(C(C)C)CC1C#N. The van der Waals surface area contributed by atoms with Gasteiger partial charge in [-0.3, -0.25) is 9.69 Å². The van der Waals surface area contributed by atoms with Crippen LogP contribution in [-0.4, -0.2) is 47.4 Å². The summed E-state index contributed by atoms with van der Waals surface area (Å²) in [6.45, 7) is 9.71. The maximum atomic E-state index is 11.5. The van der Waals surface area contributed by atoms with E-state index in [1.807, 2.05) is 0 Å². The average Bonchev–Trinajstić information content (AvgIpc) is 2.27. The minimum Gasteiger partial charge on any atom is -0.321 e. The lowest BCUT2D eigenvalue weighted by Gasteiger charge is -2.39. The van der Waals surface area contributed by atoms with Gasteiger partial charge in [-0.2, -0.15) is 5.26 Å². The number of carbonyl (C=O) groups is 1. The lowest BCUT2D eigenvalue weighted by atomic mass is 10.1. The molecule has 0 aromatic heterocycles. The Labute approximate surface area is 90.8 Å². The Morgan fingerprint density at radius 1 is 1.60 bits per heavy atom. The van der Waals surface area contributed by atoms with Crippen LogP contribution in [0.3, 0.4) is 0 Å². The second-order valence-electron chi connectivity index (χ2n) is 3.97. The standard InChI is InChI=1S/C11H17N3O/c1-4-11(15)14-6-5-13(9(2)3)8-10(14)7-12/h4,9-10H,1,5-6,8H2,2-3H3. The highest BCUT2D eigenvalue weighted by Crippen LogP contribution is 2.12. The van der Waals surface area contributed by atoms with E-state index < -0.39 is 0 Å². The molecule has 0 saturated carbocycles. The Hall–Kier alpha value is -1.34. The molecule has 82 valence electrons. The molecule has 1 aliphatic rings. The van der Waals surface area contributed by atoms with Crippen LogP contribution in [0.2, 0.25) is 0 Å². The highest BCUT2D eigenvalue weighted by molar-refractivity contribution is 5.87. The zero-order chi connectivity index (χ0) is 11.4. The first kappa shape index (κ1) is 11.7. The van der Waals surface area contributed by atoms with Crippen molar-refractivity contribution in [3.8, 4) is 6.07 Å². The van der Waals surface area contributed by atoms with Crippen LogP contribution in [0.15, 0.2) is 12.7 Å². The lowest BCUT2D eigenvalue weighted by Crippen LogP contribution is -2.55. The highest BCUT2D eigenvalue weighted by Gasteiger charge is 2.29. The number of rotatable bonds is 2. The molecule has 0 N–H and O–H groups in total. The molecule has 0 aromatic carbocycles. The predicted molar refractivity (Wildman–Crippen MR) is 58.0 cm³/mol. The summed E-state index contributed by atoms with van der Waals surface area (Å²) in [5, 5.41) is 9.00. The molecule has 4 heteroatoms. The third-order valence-corrected chi connectivity index (χ3v) is 2.75. The first-order valence-corrected chi connectivity index (χ1v) is 5.16. The van der Waals surface area contributed by atoms with Crippen LogP contribution in [0.4, 0.5) is 0 Å². The Morgan fingerprint density at radius 3 is 2.73 bits per heavy atom. The molecule has 0 bridgehead atoms. The summed E-state index contributed by atoms with van der Waals surface area (Å²) in [5.74, 6) is -0.148. The zero-order valence-corrected chi connectivity index (χ0v) is 9.31. The van der Waals surface area contributed by atoms with Crippen molar-refractivity contribution in [3.05, 3.63) is 12.7 Å². The lowest BCUT2D eigenvalue weighted by molar-refractivity contribution is -0.129. The number of amides is 1. The number of piperazine rings is 1. The fourth-order valence-electron chi connectivity index (χ4n) is 1.76. The molecule has 1 heterocycles. The first-order valence-electron chi connectivity index (χ1n) is 5.16. The van der Waals surface area contributed by atoms with Gasteiger partial charge in [-0.1, -0.05) is 6.58 Å². The smallest absolute Gasteiger partial charge is 0.247 e. The van der Waals surface area contributed by atoms with E-state index in [1.165, 1.54) is 6.08 Å². The molecule has 1 unspecified atom stereocenters. The topological polar surface area (TPSA) is 47.3 Å². The van der Waals surface area contributed by atoms with Gasteiger partial charge in [-0.25, -0.2) is 0 Å². The van der Waals surface area contributed by atoms with Crippen molar-refractivity contribution in [1.29, 1.82) is 5.26 Å². The second kappa shape index (κ2) is 4.94. The molecule has 15 heavy (non-hydrogen) atoms. The van der Waals surface area contributed by atoms with E-state index in [0.717, 1.165) is 6.54 Å². The quantitative estimate of drug-likeness (QED) is 0.623. The fraction of sp³-hybridized carbons (Fsp3) is 0.636. The van der Waals surface area contributed by atoms with E-state index in [0.29, 0.717) is 19.1 Å². The van der Waals surface area contributed by atoms with Gasteiger partial charge in [-0.15, -0.1) is 0 Å². The summed E-state index contributed by atoms with van der Waals surface area (Å²) in [7, 11) is 0. The summed E-state index contributed by atoms with van der Waals surface area (Å²) in [6.07, 6.45) is 1.27. The molecule has 1 saturated heterocycles. The fourth-order valence-corrected chi connectivity index (χ4v) is 1.76. The molecule has 1 atom stereocenters. The molecule has 0 radical (unpaired) electrons. The molecule has 1 aliphatic heterocycles. The van der Waals surface area contributed by atoms with Gasteiger partial charge in [0.05, 0.1) is 6.07 Å². The maximum Gasteiger partial charge on any atom is 0.247 e. The van der Waals surface area contributed by atoms with E-state index in [1.54, 1.807) is 4.90 Å². The van der Waals surface area contributed by atoms with Gasteiger partial charge in [0.2, 0.25) is 5.91 Å². The van der Waals surface area contributed by atoms with Crippen molar-refractivity contribution in [1.82, 2.24) is 9.80 Å². The van der Waals surface area contributed by atoms with Crippen molar-refractivity contribution < 1.29 is 4.79 Å². The van der Waals surface area contributed by atoms with Gasteiger partial charge in [0, 0.05) is 25.7 Å². The number of nitrogens with zero attached hydrogens (tertiary/aromatic N) is 3. The van der Waals surface area contributed by atoms with Crippen LogP contribution in [0.25, 0.3) is 0 Å². The van der Waals surface area contributed by atoms with Crippen LogP contribution >= 0.6 is 0 Å². The van der Waals surface area contributed by atoms with E-state index in [-0.39, 0.29) is 11.9 Å². The summed E-state index contributed by atoms with van der Waals surface area (Å²) < 4.78 is 0. The highest BCUT2D eigenvalue weighted by atomic mass is 16.2. The molecule has 1 rings (SSSR count). The van der Waals surface area contributed by atoms with Gasteiger partial charge in [0.15, 0.2) is 0 Å². The van der Waals surface area contributed by atoms with E-state index >= 15 is 0 Å². The molecule has 0 aliphatic carbocycles. The van der Waals surface area contributed by atoms with Crippen LogP contribution < -0.4 is 0 Å². The van der Waals surface area contributed by atoms with Gasteiger partial charge < -0.3 is 4.90 Å². The first-order chi connectivity index (χ1) is 7.10. The van der Waals surface area contributed by atoms with E-state index in [4.69, 9.17) is 5.26 Å². The number of nitriles is 1. The van der Waals surface area contributed by atoms with E-state index in [9.17, 15) is 4.79 Å². The maximum absolute atomic E-state index is 11.5. The van der Waals surface area contributed by atoms with Gasteiger partial charge in [-0.05, 0) is 19.9 Å². The Balaban J connectivity index is 2.69. The third-order valence-electron chi connectivity index (χ3n) is 2.75. The Kier molecular flexibility index (Phi) is 3.87. The van der Waals surface area contributed by atoms with Gasteiger partial charge >= 0.3 is 0 Å². The Bertz CT molecular complexity index is 293. The summed E-state index contributed by atoms with van der Waals surface area (Å²) in [4.78, 5) is 15.2. The minimum atomic E-state index is -0.341. The minimum absolute atomic E-state index is 0.148. The molecule has 1 fully saturated rings. The van der Waals surface area contributed by atoms with Crippen molar-refractivity contribution in [2.24, 2.45) is 0 Å². The van der Waals surface area contributed by atoms with Crippen molar-refractivity contribution in [3.63, 3.8) is 0 Å². The summed E-state index contributed by atoms with van der Waals surface area (Å²) in [6, 6.07) is 2.25. The average molecular weight is 207 g/mol. The molecule has 0 aromatic rings. The van der Waals surface area contributed by atoms with Crippen LogP contribution in [0.1, 0.15) is 13.8 Å². The summed E-state index contributed by atoms with van der Waals surface area (Å²) in [5.41, 5.74) is 0. The van der Waals surface area contributed by atoms with Crippen LogP contribution in [-0.2, 0) is 4.79 Å². The molecule has 4 nitrogen and oxygen atoms in total. The van der Waals surface area contributed by atoms with Crippen molar-refractivity contribution >= 4 is 5.91 Å². The number of hydrogen-bond acceptors (Lipinski definition) is 3. The van der Waals surface area contributed by atoms with Gasteiger partial charge in [0.25, 0.3) is 0 Å². The second-order valence-corrected chi connectivity index (χ2v) is 3.97. The van der Waals surface area contributed by atoms with Gasteiger partial charge in [0.1, 0.15) is 6.04 Å². The molecular formula is C11H17N3O. The number of carbonyl (C=O) groups excluding carboxylic acids is 1. The van der Waals surface area contributed by atoms with Crippen molar-refractivity contribution in [2.45, 2.75) is 25.9 Å². The molecule has 1 amide bonds. The molecular weight excluding hydrogens is 190 g/mol. The normalized spacial score (nSPS) is 22.5. The number of hydrogen-bond donors (Lipinski definition) is 0. The Morgan fingerprint density at radius 2 is 2.27 bits per heavy atom. The third kappa shape index (κ3) is 2.57. The predicted octanol–water partition coefficient (Wildman–Crippen LogP) is 0.617. The zero-order valence-electron chi connectivity index (χ0n) is 9.31. The monoisotopic (exact) mass is 207 g/mol. The van der Waals surface area contributed by atoms with E-state index in [2.05, 4.69) is 31.4 Å². The molecule has 0 spiro atoms.